The molecule has 0 saturated heterocycles. The van der Waals surface area contributed by atoms with Gasteiger partial charge in [-0.2, -0.15) is 0 Å². The van der Waals surface area contributed by atoms with Gasteiger partial charge in [-0.25, -0.2) is 0 Å². The second-order valence-electron chi connectivity index (χ2n) is 25.3. The topological polar surface area (TPSA) is 95.9 Å². The number of carbonyl (C=O) groups is 2. The zero-order chi connectivity index (χ0) is 57.8. The van der Waals surface area contributed by atoms with E-state index in [9.17, 15) is 19.8 Å². The number of ether oxygens (including phenoxy) is 1. The molecule has 0 spiro atoms. The highest BCUT2D eigenvalue weighted by atomic mass is 16.5. The van der Waals surface area contributed by atoms with Crippen LogP contribution in [0.5, 0.6) is 0 Å². The predicted octanol–water partition coefficient (Wildman–Crippen LogP) is 23.7. The average Bonchev–Trinajstić information content (AvgIpc) is 3.46. The van der Waals surface area contributed by atoms with Crippen molar-refractivity contribution in [2.24, 2.45) is 0 Å². The fourth-order valence-corrected chi connectivity index (χ4v) is 11.6. The van der Waals surface area contributed by atoms with Crippen LogP contribution in [0.3, 0.4) is 0 Å². The van der Waals surface area contributed by atoms with E-state index >= 15 is 0 Å². The van der Waals surface area contributed by atoms with Crippen LogP contribution in [0.2, 0.25) is 0 Å². The van der Waals surface area contributed by atoms with Crippen LogP contribution in [0.15, 0.2) is 24.3 Å². The summed E-state index contributed by atoms with van der Waals surface area (Å²) in [6, 6.07) is -0.538. The number of nitrogens with one attached hydrogen (secondary N) is 1. The molecule has 0 heterocycles. The lowest BCUT2D eigenvalue weighted by Crippen LogP contribution is -2.45. The van der Waals surface area contributed by atoms with Crippen molar-refractivity contribution in [3.8, 4) is 0 Å². The fourth-order valence-electron chi connectivity index (χ4n) is 11.6. The minimum absolute atomic E-state index is 0.0122. The van der Waals surface area contributed by atoms with Gasteiger partial charge in [0.15, 0.2) is 0 Å². The standard InChI is InChI=1S/C74H143NO5/c1-3-5-7-9-11-13-15-17-42-46-50-54-58-62-66-72(77)71(70-76)75-73(78)67-63-59-55-51-47-43-40-38-36-34-32-30-28-26-24-22-20-19-21-23-25-27-29-31-33-35-37-39-41-45-49-53-57-61-65-69-80-74(79)68-64-60-56-52-48-44-18-16-14-12-10-8-6-4-2/h16,18,21,23,71-72,76-77H,3-15,17,19-20,22,24-70H2,1-2H3,(H,75,78)/b18-16-,23-21-. The molecule has 0 saturated carbocycles. The summed E-state index contributed by atoms with van der Waals surface area (Å²) in [5.74, 6) is -0.0164. The van der Waals surface area contributed by atoms with Gasteiger partial charge in [0.05, 0.1) is 25.4 Å². The number of carbonyl (C=O) groups excluding carboxylic acids is 2. The Morgan fingerprint density at radius 2 is 0.588 bits per heavy atom. The Morgan fingerprint density at radius 1 is 0.338 bits per heavy atom. The van der Waals surface area contributed by atoms with E-state index in [-0.39, 0.29) is 18.5 Å². The fraction of sp³-hybridized carbons (Fsp3) is 0.919. The Balaban J connectivity index is 3.33. The summed E-state index contributed by atoms with van der Waals surface area (Å²) in [4.78, 5) is 24.6. The molecule has 0 bridgehead atoms. The molecule has 6 nitrogen and oxygen atoms in total. The Bertz CT molecular complexity index is 1250. The lowest BCUT2D eigenvalue weighted by Gasteiger charge is -2.22. The van der Waals surface area contributed by atoms with Gasteiger partial charge in [-0.15, -0.1) is 0 Å². The molecule has 2 atom stereocenters. The highest BCUT2D eigenvalue weighted by Gasteiger charge is 2.20. The van der Waals surface area contributed by atoms with Crippen LogP contribution in [-0.2, 0) is 14.3 Å². The minimum Gasteiger partial charge on any atom is -0.466 e. The van der Waals surface area contributed by atoms with Gasteiger partial charge in [0.25, 0.3) is 0 Å². The van der Waals surface area contributed by atoms with Crippen molar-refractivity contribution in [2.45, 2.75) is 424 Å². The van der Waals surface area contributed by atoms with Crippen molar-refractivity contribution in [1.29, 1.82) is 0 Å². The number of rotatable bonds is 69. The molecule has 80 heavy (non-hydrogen) atoms. The number of aliphatic hydroxyl groups is 2. The van der Waals surface area contributed by atoms with Gasteiger partial charge in [-0.3, -0.25) is 9.59 Å². The van der Waals surface area contributed by atoms with E-state index < -0.39 is 12.1 Å². The summed E-state index contributed by atoms with van der Waals surface area (Å²) in [7, 11) is 0. The first-order valence-corrected chi connectivity index (χ1v) is 36.6. The number of amides is 1. The molecule has 2 unspecified atom stereocenters. The van der Waals surface area contributed by atoms with Gasteiger partial charge in [-0.1, -0.05) is 346 Å². The third-order valence-corrected chi connectivity index (χ3v) is 17.2. The molecule has 1 amide bonds. The predicted molar refractivity (Wildman–Crippen MR) is 352 cm³/mol. The van der Waals surface area contributed by atoms with Gasteiger partial charge < -0.3 is 20.3 Å². The molecule has 0 aromatic rings. The number of esters is 1. The van der Waals surface area contributed by atoms with Crippen LogP contribution in [0.25, 0.3) is 0 Å². The van der Waals surface area contributed by atoms with Crippen molar-refractivity contribution >= 4 is 11.9 Å². The summed E-state index contributed by atoms with van der Waals surface area (Å²) in [6.07, 6.45) is 88.2. The SMILES string of the molecule is CCCCCCC/C=C\CCCCCCCC(=O)OCCCCCCCCCCCCCCCC/C=C\CCCCCCCCCCCCCCCCCCCC(=O)NC(CO)C(O)CCCCCCCCCCCCCCCC. The number of unbranched alkanes of at least 4 members (excludes halogenated alkanes) is 54. The van der Waals surface area contributed by atoms with Crippen LogP contribution in [-0.4, -0.2) is 47.4 Å². The van der Waals surface area contributed by atoms with Crippen LogP contribution in [0.4, 0.5) is 0 Å². The third-order valence-electron chi connectivity index (χ3n) is 17.2. The molecule has 3 N–H and O–H groups in total. The van der Waals surface area contributed by atoms with E-state index in [2.05, 4.69) is 43.5 Å². The molecule has 0 aliphatic carbocycles. The third kappa shape index (κ3) is 65.5. The van der Waals surface area contributed by atoms with E-state index in [1.807, 2.05) is 0 Å². The Labute approximate surface area is 501 Å². The van der Waals surface area contributed by atoms with Crippen molar-refractivity contribution in [2.75, 3.05) is 13.2 Å². The minimum atomic E-state index is -0.661. The number of aliphatic hydroxyl groups excluding tert-OH is 2. The summed E-state index contributed by atoms with van der Waals surface area (Å²) >= 11 is 0. The van der Waals surface area contributed by atoms with Crippen molar-refractivity contribution in [3.05, 3.63) is 24.3 Å². The smallest absolute Gasteiger partial charge is 0.305 e. The van der Waals surface area contributed by atoms with E-state index in [0.717, 1.165) is 44.9 Å². The summed E-state index contributed by atoms with van der Waals surface area (Å²) < 4.78 is 5.49. The van der Waals surface area contributed by atoms with E-state index in [1.54, 1.807) is 0 Å². The first kappa shape index (κ1) is 78.3. The number of hydrogen-bond acceptors (Lipinski definition) is 5. The molecule has 0 aromatic carbocycles. The Hall–Kier alpha value is -1.66. The first-order chi connectivity index (χ1) is 39.5. The van der Waals surface area contributed by atoms with Crippen molar-refractivity contribution in [3.63, 3.8) is 0 Å². The first-order valence-electron chi connectivity index (χ1n) is 36.6. The maximum absolute atomic E-state index is 12.5. The zero-order valence-corrected chi connectivity index (χ0v) is 54.3. The second kappa shape index (κ2) is 69.8. The van der Waals surface area contributed by atoms with Crippen LogP contribution >= 0.6 is 0 Å². The molecule has 0 rings (SSSR count). The lowest BCUT2D eigenvalue weighted by molar-refractivity contribution is -0.143. The molecular weight excluding hydrogens is 983 g/mol. The van der Waals surface area contributed by atoms with Crippen LogP contribution in [0.1, 0.15) is 412 Å². The number of allylic oxidation sites excluding steroid dienone is 4. The highest BCUT2D eigenvalue weighted by Crippen LogP contribution is 2.19. The van der Waals surface area contributed by atoms with Gasteiger partial charge >= 0.3 is 5.97 Å². The summed E-state index contributed by atoms with van der Waals surface area (Å²) in [5.41, 5.74) is 0. The zero-order valence-electron chi connectivity index (χ0n) is 54.3. The quantitative estimate of drug-likeness (QED) is 0.0320. The molecule has 0 aromatic heterocycles. The summed E-state index contributed by atoms with van der Waals surface area (Å²) in [5, 5.41) is 23.3. The largest absolute Gasteiger partial charge is 0.466 e. The van der Waals surface area contributed by atoms with Gasteiger partial charge in [0.2, 0.25) is 5.91 Å². The molecule has 0 aliphatic rings. The molecular formula is C74H143NO5. The number of hydrogen-bond donors (Lipinski definition) is 3. The monoisotopic (exact) mass is 1130 g/mol. The maximum atomic E-state index is 12.5. The molecule has 0 fully saturated rings. The molecule has 0 aliphatic heterocycles. The van der Waals surface area contributed by atoms with Gasteiger partial charge in [0, 0.05) is 12.8 Å². The van der Waals surface area contributed by atoms with Gasteiger partial charge in [-0.05, 0) is 77.0 Å². The van der Waals surface area contributed by atoms with E-state index in [0.29, 0.717) is 25.9 Å². The molecule has 0 radical (unpaired) electrons. The van der Waals surface area contributed by atoms with Crippen molar-refractivity contribution < 1.29 is 24.5 Å². The summed E-state index contributed by atoms with van der Waals surface area (Å²) in [6.45, 7) is 4.97. The van der Waals surface area contributed by atoms with Crippen LogP contribution in [0, 0.1) is 0 Å². The Kier molecular flexibility index (Phi) is 68.4. The van der Waals surface area contributed by atoms with E-state index in [1.165, 1.54) is 334 Å². The lowest BCUT2D eigenvalue weighted by atomic mass is 10.0. The van der Waals surface area contributed by atoms with Crippen molar-refractivity contribution in [1.82, 2.24) is 5.32 Å². The Morgan fingerprint density at radius 3 is 0.887 bits per heavy atom. The average molecular weight is 1130 g/mol. The highest BCUT2D eigenvalue weighted by molar-refractivity contribution is 5.76. The van der Waals surface area contributed by atoms with Gasteiger partial charge in [0.1, 0.15) is 0 Å². The second-order valence-corrected chi connectivity index (χ2v) is 25.3. The molecule has 6 heteroatoms. The molecule has 474 valence electrons. The van der Waals surface area contributed by atoms with E-state index in [4.69, 9.17) is 4.74 Å². The normalized spacial score (nSPS) is 12.6. The maximum Gasteiger partial charge on any atom is 0.305 e. The van der Waals surface area contributed by atoms with Crippen LogP contribution < -0.4 is 5.32 Å².